The number of likely N-dealkylation sites (N-methyl/N-ethyl adjacent to an activating group) is 1. The van der Waals surface area contributed by atoms with Crippen LogP contribution in [-0.4, -0.2) is 30.4 Å². The van der Waals surface area contributed by atoms with Crippen LogP contribution in [0.25, 0.3) is 0 Å². The van der Waals surface area contributed by atoms with Gasteiger partial charge in [0.1, 0.15) is 0 Å². The number of nitrogens with two attached hydrogens (primary N) is 1. The molecule has 0 aliphatic carbocycles. The molecule has 14 heavy (non-hydrogen) atoms. The molecule has 0 fully saturated rings. The monoisotopic (exact) mass is 198 g/mol. The fourth-order valence-electron chi connectivity index (χ4n) is 1.37. The summed E-state index contributed by atoms with van der Waals surface area (Å²) in [5, 5.41) is 0. The predicted molar refractivity (Wildman–Crippen MR) is 59.9 cm³/mol. The molecule has 0 aromatic rings. The highest BCUT2D eigenvalue weighted by molar-refractivity contribution is 5.81. The molecule has 0 rings (SSSR count). The zero-order chi connectivity index (χ0) is 11.3. The first-order chi connectivity index (χ1) is 6.34. The molecule has 1 amide bonds. The normalized spacial score (nSPS) is 12.7. The molecule has 0 saturated heterocycles. The number of hydrogen-bond donors (Lipinski definition) is 1. The van der Waals surface area contributed by atoms with Gasteiger partial charge in [0, 0.05) is 13.6 Å². The van der Waals surface area contributed by atoms with Gasteiger partial charge in [-0.3, -0.25) is 4.79 Å². The van der Waals surface area contributed by atoms with Crippen molar-refractivity contribution in [1.82, 2.24) is 4.90 Å². The highest BCUT2D eigenvalue weighted by atomic mass is 16.2. The third-order valence-electron chi connectivity index (χ3n) is 1.93. The first-order valence-corrected chi connectivity index (χ1v) is 4.99. The van der Waals surface area contributed by atoms with Gasteiger partial charge in [0.05, 0.1) is 6.04 Å². The minimum atomic E-state index is -0.376. The van der Waals surface area contributed by atoms with Crippen LogP contribution in [0.15, 0.2) is 12.2 Å². The van der Waals surface area contributed by atoms with E-state index in [0.29, 0.717) is 12.5 Å². The Balaban J connectivity index is 4.10. The maximum absolute atomic E-state index is 11.7. The van der Waals surface area contributed by atoms with E-state index < -0.39 is 0 Å². The molecule has 0 spiro atoms. The van der Waals surface area contributed by atoms with E-state index in [4.69, 9.17) is 5.73 Å². The summed E-state index contributed by atoms with van der Waals surface area (Å²) in [6, 6.07) is -0.376. The zero-order valence-electron chi connectivity index (χ0n) is 9.71. The number of carbonyl (C=O) groups is 1. The van der Waals surface area contributed by atoms with E-state index in [1.807, 2.05) is 6.92 Å². The van der Waals surface area contributed by atoms with Crippen LogP contribution >= 0.6 is 0 Å². The Hall–Kier alpha value is -0.830. The molecule has 0 aliphatic rings. The van der Waals surface area contributed by atoms with E-state index in [-0.39, 0.29) is 11.9 Å². The second-order valence-electron chi connectivity index (χ2n) is 4.39. The number of carbonyl (C=O) groups excluding carboxylic acids is 1. The van der Waals surface area contributed by atoms with Gasteiger partial charge in [-0.25, -0.2) is 0 Å². The lowest BCUT2D eigenvalue weighted by Crippen LogP contribution is -2.42. The molecule has 0 aromatic carbocycles. The Labute approximate surface area is 87.0 Å². The fourth-order valence-corrected chi connectivity index (χ4v) is 1.37. The van der Waals surface area contributed by atoms with Gasteiger partial charge in [-0.15, -0.1) is 0 Å². The standard InChI is InChI=1S/C11H22N2O/c1-8(2)6-10(12)11(14)13(5)7-9(3)4/h8,10H,3,6-7,12H2,1-2,4-5H3/t10-/m0/s1. The highest BCUT2D eigenvalue weighted by Gasteiger charge is 2.18. The van der Waals surface area contributed by atoms with Crippen LogP contribution in [0.3, 0.4) is 0 Å². The summed E-state index contributed by atoms with van der Waals surface area (Å²) in [6.45, 7) is 10.4. The van der Waals surface area contributed by atoms with Crippen molar-refractivity contribution in [2.75, 3.05) is 13.6 Å². The van der Waals surface area contributed by atoms with Crippen molar-refractivity contribution in [3.63, 3.8) is 0 Å². The van der Waals surface area contributed by atoms with Gasteiger partial charge < -0.3 is 10.6 Å². The minimum Gasteiger partial charge on any atom is -0.340 e. The highest BCUT2D eigenvalue weighted by Crippen LogP contribution is 2.05. The van der Waals surface area contributed by atoms with Crippen LogP contribution in [0.5, 0.6) is 0 Å². The average molecular weight is 198 g/mol. The summed E-state index contributed by atoms with van der Waals surface area (Å²) < 4.78 is 0. The van der Waals surface area contributed by atoms with Gasteiger partial charge in [-0.2, -0.15) is 0 Å². The van der Waals surface area contributed by atoms with E-state index in [1.165, 1.54) is 0 Å². The van der Waals surface area contributed by atoms with Crippen molar-refractivity contribution in [2.24, 2.45) is 11.7 Å². The Kier molecular flexibility index (Phi) is 5.46. The van der Waals surface area contributed by atoms with Crippen LogP contribution in [0.2, 0.25) is 0 Å². The predicted octanol–water partition coefficient (Wildman–Crippen LogP) is 1.39. The van der Waals surface area contributed by atoms with Crippen LogP contribution in [0.4, 0.5) is 0 Å². The first kappa shape index (κ1) is 13.2. The second-order valence-corrected chi connectivity index (χ2v) is 4.39. The summed E-state index contributed by atoms with van der Waals surface area (Å²) >= 11 is 0. The molecule has 0 unspecified atom stereocenters. The number of rotatable bonds is 5. The van der Waals surface area contributed by atoms with E-state index >= 15 is 0 Å². The number of amides is 1. The quantitative estimate of drug-likeness (QED) is 0.679. The molecular formula is C11H22N2O. The summed E-state index contributed by atoms with van der Waals surface area (Å²) in [5.74, 6) is 0.453. The lowest BCUT2D eigenvalue weighted by atomic mass is 10.0. The molecule has 0 bridgehead atoms. The summed E-state index contributed by atoms with van der Waals surface area (Å²) in [7, 11) is 1.76. The van der Waals surface area contributed by atoms with Gasteiger partial charge in [-0.05, 0) is 19.3 Å². The molecule has 0 aromatic heterocycles. The van der Waals surface area contributed by atoms with Crippen molar-refractivity contribution < 1.29 is 4.79 Å². The maximum atomic E-state index is 11.7. The SMILES string of the molecule is C=C(C)CN(C)C(=O)[C@@H](N)CC(C)C. The molecule has 0 radical (unpaired) electrons. The molecule has 1 atom stereocenters. The summed E-state index contributed by atoms with van der Waals surface area (Å²) in [5.41, 5.74) is 6.74. The van der Waals surface area contributed by atoms with Crippen molar-refractivity contribution in [3.8, 4) is 0 Å². The third-order valence-corrected chi connectivity index (χ3v) is 1.93. The van der Waals surface area contributed by atoms with Gasteiger partial charge in [0.2, 0.25) is 5.91 Å². The van der Waals surface area contributed by atoms with E-state index in [2.05, 4.69) is 20.4 Å². The van der Waals surface area contributed by atoms with E-state index in [9.17, 15) is 4.79 Å². The number of hydrogen-bond acceptors (Lipinski definition) is 2. The molecule has 2 N–H and O–H groups in total. The molecule has 3 heteroatoms. The van der Waals surface area contributed by atoms with Gasteiger partial charge in [0.15, 0.2) is 0 Å². The lowest BCUT2D eigenvalue weighted by molar-refractivity contribution is -0.131. The lowest BCUT2D eigenvalue weighted by Gasteiger charge is -2.22. The zero-order valence-corrected chi connectivity index (χ0v) is 9.71. The van der Waals surface area contributed by atoms with Crippen LogP contribution in [0.1, 0.15) is 27.2 Å². The largest absolute Gasteiger partial charge is 0.340 e. The van der Waals surface area contributed by atoms with Crippen LogP contribution in [0, 0.1) is 5.92 Å². The van der Waals surface area contributed by atoms with Crippen molar-refractivity contribution >= 4 is 5.91 Å². The second kappa shape index (κ2) is 5.81. The smallest absolute Gasteiger partial charge is 0.239 e. The van der Waals surface area contributed by atoms with Crippen molar-refractivity contribution in [3.05, 3.63) is 12.2 Å². The van der Waals surface area contributed by atoms with E-state index in [1.54, 1.807) is 11.9 Å². The Bertz CT molecular complexity index is 211. The summed E-state index contributed by atoms with van der Waals surface area (Å²) in [4.78, 5) is 13.3. The topological polar surface area (TPSA) is 46.3 Å². The molecule has 0 heterocycles. The van der Waals surface area contributed by atoms with Crippen molar-refractivity contribution in [2.45, 2.75) is 33.2 Å². The average Bonchev–Trinajstić information content (AvgIpc) is 2.00. The fraction of sp³-hybridized carbons (Fsp3) is 0.727. The number of nitrogens with zero attached hydrogens (tertiary/aromatic N) is 1. The molecule has 0 aliphatic heterocycles. The summed E-state index contributed by atoms with van der Waals surface area (Å²) in [6.07, 6.45) is 0.735. The Morgan fingerprint density at radius 1 is 1.50 bits per heavy atom. The Morgan fingerprint density at radius 2 is 2.00 bits per heavy atom. The maximum Gasteiger partial charge on any atom is 0.239 e. The van der Waals surface area contributed by atoms with Gasteiger partial charge >= 0.3 is 0 Å². The van der Waals surface area contributed by atoms with Crippen LogP contribution in [-0.2, 0) is 4.79 Å². The first-order valence-electron chi connectivity index (χ1n) is 4.99. The van der Waals surface area contributed by atoms with Crippen LogP contribution < -0.4 is 5.73 Å². The molecule has 3 nitrogen and oxygen atoms in total. The van der Waals surface area contributed by atoms with Gasteiger partial charge in [-0.1, -0.05) is 26.0 Å². The molecule has 82 valence electrons. The van der Waals surface area contributed by atoms with Crippen molar-refractivity contribution in [1.29, 1.82) is 0 Å². The molecule has 0 saturated carbocycles. The molecular weight excluding hydrogens is 176 g/mol. The minimum absolute atomic E-state index is 0.00157. The Morgan fingerprint density at radius 3 is 2.36 bits per heavy atom. The van der Waals surface area contributed by atoms with E-state index in [0.717, 1.165) is 12.0 Å². The third kappa shape index (κ3) is 5.02. The van der Waals surface area contributed by atoms with Gasteiger partial charge in [0.25, 0.3) is 0 Å².